The van der Waals surface area contributed by atoms with Gasteiger partial charge >= 0.3 is 5.97 Å². The molecule has 0 saturated heterocycles. The third-order valence-electron chi connectivity index (χ3n) is 5.69. The first-order valence-electron chi connectivity index (χ1n) is 10.4. The van der Waals surface area contributed by atoms with Gasteiger partial charge in [-0.3, -0.25) is 0 Å². The van der Waals surface area contributed by atoms with Crippen LogP contribution in [0.15, 0.2) is 76.9 Å². The van der Waals surface area contributed by atoms with E-state index in [4.69, 9.17) is 5.11 Å². The predicted molar refractivity (Wildman–Crippen MR) is 124 cm³/mol. The summed E-state index contributed by atoms with van der Waals surface area (Å²) in [5.74, 6) is -0.922. The summed E-state index contributed by atoms with van der Waals surface area (Å²) in [6.45, 7) is 12.9. The van der Waals surface area contributed by atoms with Crippen molar-refractivity contribution in [3.63, 3.8) is 0 Å². The maximum absolute atomic E-state index is 10.9. The molecule has 0 atom stereocenters. The molecular formula is C27H34O2. The first kappa shape index (κ1) is 22.7. The number of carbonyl (C=O) groups is 1. The van der Waals surface area contributed by atoms with Gasteiger partial charge in [0.15, 0.2) is 0 Å². The SMILES string of the molecule is CC1=C(/C=C/C(=C(C)/C=C/C(C)=C/C(=O)O)c2ccc(C)cc2)C(C)(C)CCC1. The van der Waals surface area contributed by atoms with E-state index in [9.17, 15) is 4.79 Å². The van der Waals surface area contributed by atoms with E-state index in [-0.39, 0.29) is 5.41 Å². The molecule has 0 aromatic heterocycles. The lowest BCUT2D eigenvalue weighted by molar-refractivity contribution is -0.131. The maximum atomic E-state index is 10.9. The molecule has 0 radical (unpaired) electrons. The molecule has 0 spiro atoms. The van der Waals surface area contributed by atoms with Gasteiger partial charge in [-0.15, -0.1) is 0 Å². The molecule has 2 nitrogen and oxygen atoms in total. The molecular weight excluding hydrogens is 356 g/mol. The molecule has 1 aromatic rings. The summed E-state index contributed by atoms with van der Waals surface area (Å²) < 4.78 is 0. The summed E-state index contributed by atoms with van der Waals surface area (Å²) in [4.78, 5) is 10.9. The van der Waals surface area contributed by atoms with Gasteiger partial charge in [0.2, 0.25) is 0 Å². The Morgan fingerprint density at radius 1 is 1.03 bits per heavy atom. The van der Waals surface area contributed by atoms with Crippen molar-refractivity contribution in [2.75, 3.05) is 0 Å². The lowest BCUT2D eigenvalue weighted by Gasteiger charge is -2.33. The highest BCUT2D eigenvalue weighted by molar-refractivity contribution is 5.81. The molecule has 0 aliphatic heterocycles. The summed E-state index contributed by atoms with van der Waals surface area (Å²) >= 11 is 0. The lowest BCUT2D eigenvalue weighted by Crippen LogP contribution is -2.19. The van der Waals surface area contributed by atoms with E-state index in [2.05, 4.69) is 71.0 Å². The second-order valence-electron chi connectivity index (χ2n) is 8.79. The second-order valence-corrected chi connectivity index (χ2v) is 8.79. The standard InChI is InChI=1S/C27H34O2/c1-19-10-13-23(14-11-19)24(21(3)12-9-20(2)18-26(28)29)15-16-25-22(4)8-7-17-27(25,5)6/h9-16,18H,7-8,17H2,1-6H3,(H,28,29)/b12-9+,16-15+,20-18+,24-21-. The summed E-state index contributed by atoms with van der Waals surface area (Å²) in [7, 11) is 0. The van der Waals surface area contributed by atoms with Crippen LogP contribution in [0.5, 0.6) is 0 Å². The molecule has 0 heterocycles. The van der Waals surface area contributed by atoms with Crippen LogP contribution in [0.25, 0.3) is 5.57 Å². The minimum atomic E-state index is -0.922. The monoisotopic (exact) mass is 390 g/mol. The predicted octanol–water partition coefficient (Wildman–Crippen LogP) is 7.44. The van der Waals surface area contributed by atoms with Gasteiger partial charge in [0.25, 0.3) is 0 Å². The van der Waals surface area contributed by atoms with E-state index >= 15 is 0 Å². The fourth-order valence-corrected chi connectivity index (χ4v) is 3.95. The molecule has 0 unspecified atom stereocenters. The molecule has 1 aliphatic carbocycles. The van der Waals surface area contributed by atoms with Crippen LogP contribution in [-0.4, -0.2) is 11.1 Å². The molecule has 29 heavy (non-hydrogen) atoms. The van der Waals surface area contributed by atoms with Gasteiger partial charge in [0, 0.05) is 6.08 Å². The Morgan fingerprint density at radius 2 is 1.69 bits per heavy atom. The smallest absolute Gasteiger partial charge is 0.328 e. The molecule has 154 valence electrons. The van der Waals surface area contributed by atoms with Crippen molar-refractivity contribution < 1.29 is 9.90 Å². The van der Waals surface area contributed by atoms with Crippen LogP contribution < -0.4 is 0 Å². The normalized spacial score (nSPS) is 18.5. The van der Waals surface area contributed by atoms with Crippen molar-refractivity contribution in [3.8, 4) is 0 Å². The number of benzene rings is 1. The largest absolute Gasteiger partial charge is 0.478 e. The van der Waals surface area contributed by atoms with E-state index in [1.807, 2.05) is 12.2 Å². The average molecular weight is 391 g/mol. The number of aryl methyl sites for hydroxylation is 1. The zero-order chi connectivity index (χ0) is 21.6. The van der Waals surface area contributed by atoms with Crippen molar-refractivity contribution in [2.24, 2.45) is 5.41 Å². The summed E-state index contributed by atoms with van der Waals surface area (Å²) in [5, 5.41) is 8.93. The number of carboxylic acid groups (broad SMARTS) is 1. The first-order valence-corrected chi connectivity index (χ1v) is 10.4. The number of hydrogen-bond donors (Lipinski definition) is 1. The number of hydrogen-bond acceptors (Lipinski definition) is 1. The van der Waals surface area contributed by atoms with Crippen LogP contribution in [-0.2, 0) is 4.79 Å². The Hall–Kier alpha value is -2.61. The van der Waals surface area contributed by atoms with Crippen LogP contribution in [0.4, 0.5) is 0 Å². The number of aliphatic carboxylic acids is 1. The molecule has 2 heteroatoms. The van der Waals surface area contributed by atoms with Crippen LogP contribution >= 0.6 is 0 Å². The summed E-state index contributed by atoms with van der Waals surface area (Å²) in [6.07, 6.45) is 13.3. The summed E-state index contributed by atoms with van der Waals surface area (Å²) in [5.41, 5.74) is 8.50. The van der Waals surface area contributed by atoms with Crippen molar-refractivity contribution in [1.82, 2.24) is 0 Å². The van der Waals surface area contributed by atoms with Crippen LogP contribution in [0.1, 0.15) is 65.0 Å². The van der Waals surface area contributed by atoms with Crippen molar-refractivity contribution in [1.29, 1.82) is 0 Å². The fraction of sp³-hybridized carbons (Fsp3) is 0.370. The molecule has 1 aromatic carbocycles. The highest BCUT2D eigenvalue weighted by Crippen LogP contribution is 2.41. The highest BCUT2D eigenvalue weighted by Gasteiger charge is 2.26. The van der Waals surface area contributed by atoms with Crippen LogP contribution in [0.3, 0.4) is 0 Å². The molecule has 0 bridgehead atoms. The maximum Gasteiger partial charge on any atom is 0.328 e. The van der Waals surface area contributed by atoms with Crippen LogP contribution in [0.2, 0.25) is 0 Å². The van der Waals surface area contributed by atoms with Gasteiger partial charge in [-0.2, -0.15) is 0 Å². The molecule has 1 aliphatic rings. The molecule has 0 fully saturated rings. The third-order valence-corrected chi connectivity index (χ3v) is 5.69. The average Bonchev–Trinajstić information content (AvgIpc) is 2.62. The molecule has 0 amide bonds. The number of carboxylic acids is 1. The Labute approximate surface area is 176 Å². The number of rotatable bonds is 6. The zero-order valence-electron chi connectivity index (χ0n) is 18.7. The van der Waals surface area contributed by atoms with Gasteiger partial charge in [-0.05, 0) is 80.2 Å². The van der Waals surface area contributed by atoms with E-state index in [1.54, 1.807) is 6.92 Å². The third kappa shape index (κ3) is 6.45. The van der Waals surface area contributed by atoms with Crippen molar-refractivity contribution in [2.45, 2.75) is 60.8 Å². The molecule has 1 N–H and O–H groups in total. The van der Waals surface area contributed by atoms with E-state index in [0.29, 0.717) is 0 Å². The topological polar surface area (TPSA) is 37.3 Å². The van der Waals surface area contributed by atoms with Gasteiger partial charge in [0.1, 0.15) is 0 Å². The number of allylic oxidation sites excluding steroid dienone is 9. The quantitative estimate of drug-likeness (QED) is 0.405. The molecule has 0 saturated carbocycles. The highest BCUT2D eigenvalue weighted by atomic mass is 16.4. The Kier molecular flexibility index (Phi) is 7.61. The summed E-state index contributed by atoms with van der Waals surface area (Å²) in [6, 6.07) is 8.56. The van der Waals surface area contributed by atoms with Crippen LogP contribution in [0, 0.1) is 12.3 Å². The van der Waals surface area contributed by atoms with Gasteiger partial charge in [-0.25, -0.2) is 4.79 Å². The van der Waals surface area contributed by atoms with Gasteiger partial charge < -0.3 is 5.11 Å². The van der Waals surface area contributed by atoms with Crippen molar-refractivity contribution in [3.05, 3.63) is 88.1 Å². The van der Waals surface area contributed by atoms with Gasteiger partial charge in [0.05, 0.1) is 0 Å². The van der Waals surface area contributed by atoms with E-state index in [0.717, 1.165) is 16.7 Å². The molecule has 2 rings (SSSR count). The Bertz CT molecular complexity index is 900. The minimum Gasteiger partial charge on any atom is -0.478 e. The van der Waals surface area contributed by atoms with Crippen molar-refractivity contribution >= 4 is 11.5 Å². The Morgan fingerprint density at radius 3 is 2.28 bits per heavy atom. The van der Waals surface area contributed by atoms with E-state index < -0.39 is 5.97 Å². The van der Waals surface area contributed by atoms with E-state index in [1.165, 1.54) is 47.6 Å². The van der Waals surface area contributed by atoms with Gasteiger partial charge in [-0.1, -0.05) is 73.6 Å². The first-order chi connectivity index (χ1) is 13.6. The minimum absolute atomic E-state index is 0.196. The second kappa shape index (κ2) is 9.73. The fourth-order valence-electron chi connectivity index (χ4n) is 3.95. The Balaban J connectivity index is 2.49. The zero-order valence-corrected chi connectivity index (χ0v) is 18.7. The lowest BCUT2D eigenvalue weighted by atomic mass is 9.72.